The van der Waals surface area contributed by atoms with Gasteiger partial charge < -0.3 is 9.64 Å². The Hall–Kier alpha value is -1.75. The van der Waals surface area contributed by atoms with Crippen LogP contribution in [0.25, 0.3) is 10.9 Å². The van der Waals surface area contributed by atoms with E-state index < -0.39 is 0 Å². The smallest absolute Gasteiger partial charge is 0.338 e. The second-order valence-corrected chi connectivity index (χ2v) is 6.10. The number of carbonyl (C=O) groups is 1. The minimum absolute atomic E-state index is 0.281. The molecule has 0 unspecified atom stereocenters. The van der Waals surface area contributed by atoms with Crippen molar-refractivity contribution in [3.63, 3.8) is 0 Å². The molecule has 1 aromatic heterocycles. The lowest BCUT2D eigenvalue weighted by Crippen LogP contribution is -2.32. The van der Waals surface area contributed by atoms with Crippen LogP contribution in [0.3, 0.4) is 0 Å². The number of hydrogen-bond acceptors (Lipinski definition) is 5. The fraction of sp³-hybridized carbons (Fsp3) is 0.375. The number of hydrogen-bond donors (Lipinski definition) is 0. The predicted octanol–water partition coefficient (Wildman–Crippen LogP) is 2.96. The number of anilines is 1. The fourth-order valence-corrected chi connectivity index (χ4v) is 3.44. The second kappa shape index (κ2) is 6.35. The van der Waals surface area contributed by atoms with Crippen LogP contribution in [0, 0.1) is 0 Å². The topological polar surface area (TPSA) is 42.4 Å². The van der Waals surface area contributed by atoms with Gasteiger partial charge >= 0.3 is 5.97 Å². The summed E-state index contributed by atoms with van der Waals surface area (Å²) in [7, 11) is 0. The van der Waals surface area contributed by atoms with Crippen LogP contribution in [-0.2, 0) is 4.74 Å². The molecule has 1 saturated heterocycles. The number of fused-ring (bicyclic) bond motifs is 1. The Bertz CT molecular complexity index is 654. The Balaban J connectivity index is 2.02. The number of rotatable bonds is 3. The van der Waals surface area contributed by atoms with E-state index in [1.165, 1.54) is 0 Å². The lowest BCUT2D eigenvalue weighted by molar-refractivity contribution is 0.0528. The fourth-order valence-electron chi connectivity index (χ4n) is 2.54. The average molecular weight is 302 g/mol. The number of pyridine rings is 1. The normalized spacial score (nSPS) is 15.2. The SMILES string of the molecule is CCOC(=O)c1ccnc2ccc(N3CCSCC3)cc12. The highest BCUT2D eigenvalue weighted by Gasteiger charge is 2.15. The zero-order chi connectivity index (χ0) is 14.7. The molecule has 1 aliphatic rings. The number of esters is 1. The number of ether oxygens (including phenoxy) is 1. The largest absolute Gasteiger partial charge is 0.462 e. The van der Waals surface area contributed by atoms with Crippen molar-refractivity contribution < 1.29 is 9.53 Å². The summed E-state index contributed by atoms with van der Waals surface area (Å²) in [5, 5.41) is 0.867. The molecular formula is C16H18N2O2S. The van der Waals surface area contributed by atoms with Gasteiger partial charge in [-0.05, 0) is 31.2 Å². The Morgan fingerprint density at radius 2 is 2.14 bits per heavy atom. The van der Waals surface area contributed by atoms with Crippen molar-refractivity contribution in [3.8, 4) is 0 Å². The van der Waals surface area contributed by atoms with E-state index in [-0.39, 0.29) is 5.97 Å². The van der Waals surface area contributed by atoms with Crippen molar-refractivity contribution in [1.82, 2.24) is 4.98 Å². The lowest BCUT2D eigenvalue weighted by Gasteiger charge is -2.28. The predicted molar refractivity (Wildman–Crippen MR) is 87.2 cm³/mol. The summed E-state index contributed by atoms with van der Waals surface area (Å²) < 4.78 is 5.14. The molecule has 5 heteroatoms. The maximum absolute atomic E-state index is 12.1. The van der Waals surface area contributed by atoms with Crippen LogP contribution in [0.15, 0.2) is 30.5 Å². The van der Waals surface area contributed by atoms with Gasteiger partial charge in [-0.1, -0.05) is 0 Å². The van der Waals surface area contributed by atoms with Gasteiger partial charge in [0.1, 0.15) is 0 Å². The van der Waals surface area contributed by atoms with Gasteiger partial charge in [-0.25, -0.2) is 4.79 Å². The molecule has 4 nitrogen and oxygen atoms in total. The summed E-state index contributed by atoms with van der Waals surface area (Å²) >= 11 is 1.98. The summed E-state index contributed by atoms with van der Waals surface area (Å²) in [6.45, 7) is 4.29. The first-order valence-electron chi connectivity index (χ1n) is 7.18. The summed E-state index contributed by atoms with van der Waals surface area (Å²) in [4.78, 5) is 18.8. The highest BCUT2D eigenvalue weighted by Crippen LogP contribution is 2.26. The number of nitrogens with zero attached hydrogens (tertiary/aromatic N) is 2. The molecule has 1 aliphatic heterocycles. The molecule has 1 fully saturated rings. The zero-order valence-corrected chi connectivity index (χ0v) is 12.9. The molecule has 110 valence electrons. The van der Waals surface area contributed by atoms with Gasteiger partial charge in [0.05, 0.1) is 17.7 Å². The van der Waals surface area contributed by atoms with Crippen molar-refractivity contribution in [2.45, 2.75) is 6.92 Å². The molecule has 2 heterocycles. The van der Waals surface area contributed by atoms with E-state index in [2.05, 4.69) is 22.0 Å². The van der Waals surface area contributed by atoms with Gasteiger partial charge in [0.25, 0.3) is 0 Å². The number of aromatic nitrogens is 1. The van der Waals surface area contributed by atoms with Crippen LogP contribution in [0.4, 0.5) is 5.69 Å². The highest BCUT2D eigenvalue weighted by atomic mass is 32.2. The molecule has 0 atom stereocenters. The highest BCUT2D eigenvalue weighted by molar-refractivity contribution is 7.99. The average Bonchev–Trinajstić information content (AvgIpc) is 2.55. The third kappa shape index (κ3) is 2.97. The Labute approximate surface area is 128 Å². The minimum atomic E-state index is -0.281. The van der Waals surface area contributed by atoms with E-state index >= 15 is 0 Å². The van der Waals surface area contributed by atoms with Gasteiger partial charge in [-0.2, -0.15) is 11.8 Å². The van der Waals surface area contributed by atoms with Crippen LogP contribution >= 0.6 is 11.8 Å². The molecule has 0 saturated carbocycles. The van der Waals surface area contributed by atoms with Crippen LogP contribution < -0.4 is 4.90 Å². The quantitative estimate of drug-likeness (QED) is 0.816. The Kier molecular flexibility index (Phi) is 4.29. The number of benzene rings is 1. The van der Waals surface area contributed by atoms with E-state index in [0.29, 0.717) is 12.2 Å². The van der Waals surface area contributed by atoms with Crippen molar-refractivity contribution in [1.29, 1.82) is 0 Å². The third-order valence-electron chi connectivity index (χ3n) is 3.60. The van der Waals surface area contributed by atoms with Gasteiger partial charge in [0.15, 0.2) is 0 Å². The maximum Gasteiger partial charge on any atom is 0.338 e. The van der Waals surface area contributed by atoms with Crippen LogP contribution in [0.2, 0.25) is 0 Å². The van der Waals surface area contributed by atoms with E-state index in [9.17, 15) is 4.79 Å². The molecule has 0 amide bonds. The van der Waals surface area contributed by atoms with Gasteiger partial charge in [0, 0.05) is 41.9 Å². The first-order valence-corrected chi connectivity index (χ1v) is 8.33. The number of thioether (sulfide) groups is 1. The van der Waals surface area contributed by atoms with Crippen LogP contribution in [0.1, 0.15) is 17.3 Å². The molecule has 0 N–H and O–H groups in total. The minimum Gasteiger partial charge on any atom is -0.462 e. The monoisotopic (exact) mass is 302 g/mol. The summed E-state index contributed by atoms with van der Waals surface area (Å²) in [5.74, 6) is 2.02. The van der Waals surface area contributed by atoms with Crippen molar-refractivity contribution in [2.24, 2.45) is 0 Å². The molecule has 0 spiro atoms. The van der Waals surface area contributed by atoms with E-state index in [1.54, 1.807) is 12.3 Å². The summed E-state index contributed by atoms with van der Waals surface area (Å²) in [5.41, 5.74) is 2.58. The van der Waals surface area contributed by atoms with Crippen LogP contribution in [0.5, 0.6) is 0 Å². The third-order valence-corrected chi connectivity index (χ3v) is 4.54. The van der Waals surface area contributed by atoms with Crippen molar-refractivity contribution in [2.75, 3.05) is 36.1 Å². The van der Waals surface area contributed by atoms with E-state index in [4.69, 9.17) is 4.74 Å². The summed E-state index contributed by atoms with van der Waals surface area (Å²) in [6, 6.07) is 7.86. The van der Waals surface area contributed by atoms with E-state index in [1.807, 2.05) is 24.8 Å². The molecule has 1 aromatic carbocycles. The first-order chi connectivity index (χ1) is 10.3. The molecule has 2 aromatic rings. The molecule has 21 heavy (non-hydrogen) atoms. The number of carbonyl (C=O) groups excluding carboxylic acids is 1. The Morgan fingerprint density at radius 1 is 1.33 bits per heavy atom. The van der Waals surface area contributed by atoms with Crippen molar-refractivity contribution in [3.05, 3.63) is 36.0 Å². The zero-order valence-electron chi connectivity index (χ0n) is 12.0. The van der Waals surface area contributed by atoms with Gasteiger partial charge in [-0.15, -0.1) is 0 Å². The lowest BCUT2D eigenvalue weighted by atomic mass is 10.1. The van der Waals surface area contributed by atoms with Crippen LogP contribution in [-0.4, -0.2) is 42.2 Å². The second-order valence-electron chi connectivity index (χ2n) is 4.88. The summed E-state index contributed by atoms with van der Waals surface area (Å²) in [6.07, 6.45) is 1.66. The molecule has 0 radical (unpaired) electrons. The molecule has 0 bridgehead atoms. The molecular weight excluding hydrogens is 284 g/mol. The molecule has 3 rings (SSSR count). The van der Waals surface area contributed by atoms with Crippen molar-refractivity contribution >= 4 is 34.3 Å². The first kappa shape index (κ1) is 14.2. The maximum atomic E-state index is 12.1. The Morgan fingerprint density at radius 3 is 2.90 bits per heavy atom. The molecule has 0 aliphatic carbocycles. The standard InChI is InChI=1S/C16H18N2O2S/c1-2-20-16(19)13-5-6-17-15-4-3-12(11-14(13)15)18-7-9-21-10-8-18/h3-6,11H,2,7-10H2,1H3. The van der Waals surface area contributed by atoms with E-state index in [0.717, 1.165) is 41.2 Å². The van der Waals surface area contributed by atoms with Gasteiger partial charge in [-0.3, -0.25) is 4.98 Å². The van der Waals surface area contributed by atoms with Gasteiger partial charge in [0.2, 0.25) is 0 Å².